The minimum atomic E-state index is -1.40. The molecular weight excluding hydrogens is 364 g/mol. The lowest BCUT2D eigenvalue weighted by atomic mass is 9.71. The zero-order valence-corrected chi connectivity index (χ0v) is 19.9. The Kier molecular flexibility index (Phi) is 5.17. The van der Waals surface area contributed by atoms with Gasteiger partial charge in [0.15, 0.2) is 0 Å². The zero-order chi connectivity index (χ0) is 20.2. The van der Waals surface area contributed by atoms with Crippen LogP contribution in [0, 0.1) is 35.5 Å². The molecule has 0 aromatic heterocycles. The second-order valence-electron chi connectivity index (χ2n) is 11.6. The van der Waals surface area contributed by atoms with Gasteiger partial charge in [0.05, 0.1) is 8.07 Å². The van der Waals surface area contributed by atoms with Crippen LogP contribution in [0.5, 0.6) is 0 Å². The third kappa shape index (κ3) is 3.23. The number of rotatable bonds is 3. The molecule has 9 atom stereocenters. The van der Waals surface area contributed by atoms with E-state index in [9.17, 15) is 0 Å². The monoisotopic (exact) mass is 404 g/mol. The molecule has 1 aromatic rings. The Labute approximate surface area is 179 Å². The maximum absolute atomic E-state index is 2.80. The Hall–Kier alpha value is -1.08. The lowest BCUT2D eigenvalue weighted by Crippen LogP contribution is -2.44. The summed E-state index contributed by atoms with van der Waals surface area (Å²) in [5, 5.41) is 0. The summed E-state index contributed by atoms with van der Waals surface area (Å²) in [6.07, 6.45) is 17.1. The van der Waals surface area contributed by atoms with E-state index in [1.807, 2.05) is 0 Å². The van der Waals surface area contributed by atoms with E-state index in [2.05, 4.69) is 81.6 Å². The van der Waals surface area contributed by atoms with Crippen molar-refractivity contribution in [1.29, 1.82) is 0 Å². The van der Waals surface area contributed by atoms with Crippen LogP contribution < -0.4 is 0 Å². The van der Waals surface area contributed by atoms with E-state index in [1.54, 1.807) is 5.56 Å². The maximum Gasteiger partial charge on any atom is 0.0547 e. The molecule has 4 aliphatic rings. The van der Waals surface area contributed by atoms with E-state index in [0.717, 1.165) is 52.5 Å². The van der Waals surface area contributed by atoms with Crippen LogP contribution in [-0.2, 0) is 0 Å². The van der Waals surface area contributed by atoms with Crippen molar-refractivity contribution < 1.29 is 0 Å². The molecule has 5 rings (SSSR count). The molecule has 0 saturated heterocycles. The van der Waals surface area contributed by atoms with Gasteiger partial charge in [-0.15, -0.1) is 0 Å². The van der Waals surface area contributed by atoms with Crippen molar-refractivity contribution in [3.63, 3.8) is 0 Å². The molecular formula is C28H40Si. The molecule has 1 aromatic carbocycles. The molecule has 9 unspecified atom stereocenters. The average Bonchev–Trinajstić information content (AvgIpc) is 3.27. The number of hydrogen-bond donors (Lipinski definition) is 0. The molecule has 3 fully saturated rings. The SMILES string of the molecule is CC1CCC2C(C1)C(c1ccccc1)C(C)C2[Si](C)(C)C1CCC2C=CC=CC21. The standard InChI is InChI=1S/C28H40Si/c1-19-14-16-24-25(18-19)27(22-11-6-5-7-12-22)20(2)28(24)29(3,4)26-17-15-21-10-8-9-13-23(21)26/h5-13,19-21,23-28H,14-18H2,1-4H3. The lowest BCUT2D eigenvalue weighted by Gasteiger charge is -2.45. The summed E-state index contributed by atoms with van der Waals surface area (Å²) in [4.78, 5) is 0. The molecule has 0 spiro atoms. The van der Waals surface area contributed by atoms with E-state index in [1.165, 1.54) is 32.1 Å². The summed E-state index contributed by atoms with van der Waals surface area (Å²) in [7, 11) is -1.40. The second-order valence-corrected chi connectivity index (χ2v) is 16.6. The van der Waals surface area contributed by atoms with Crippen molar-refractivity contribution >= 4 is 8.07 Å². The highest BCUT2D eigenvalue weighted by atomic mass is 28.3. The molecule has 1 heteroatoms. The van der Waals surface area contributed by atoms with Gasteiger partial charge in [-0.3, -0.25) is 0 Å². The molecule has 0 aliphatic heterocycles. The third-order valence-corrected chi connectivity index (χ3v) is 15.1. The van der Waals surface area contributed by atoms with Crippen molar-refractivity contribution in [2.75, 3.05) is 0 Å². The first-order chi connectivity index (χ1) is 14.0. The van der Waals surface area contributed by atoms with Crippen LogP contribution in [-0.4, -0.2) is 8.07 Å². The topological polar surface area (TPSA) is 0 Å². The van der Waals surface area contributed by atoms with E-state index < -0.39 is 8.07 Å². The second kappa shape index (κ2) is 7.56. The Morgan fingerprint density at radius 2 is 1.59 bits per heavy atom. The summed E-state index contributed by atoms with van der Waals surface area (Å²) in [6, 6.07) is 11.6. The number of fused-ring (bicyclic) bond motifs is 2. The molecule has 0 heterocycles. The summed E-state index contributed by atoms with van der Waals surface area (Å²) in [5.41, 5.74) is 3.62. The summed E-state index contributed by atoms with van der Waals surface area (Å²) >= 11 is 0. The van der Waals surface area contributed by atoms with Crippen LogP contribution in [0.4, 0.5) is 0 Å². The highest BCUT2D eigenvalue weighted by Crippen LogP contribution is 2.66. The van der Waals surface area contributed by atoms with E-state index in [0.29, 0.717) is 0 Å². The van der Waals surface area contributed by atoms with Gasteiger partial charge in [0.2, 0.25) is 0 Å². The van der Waals surface area contributed by atoms with Crippen LogP contribution in [0.1, 0.15) is 57.4 Å². The average molecular weight is 405 g/mol. The predicted octanol–water partition coefficient (Wildman–Crippen LogP) is 8.07. The summed E-state index contributed by atoms with van der Waals surface area (Å²) in [6.45, 7) is 10.8. The van der Waals surface area contributed by atoms with Crippen molar-refractivity contribution in [2.45, 2.75) is 76.0 Å². The molecule has 0 nitrogen and oxygen atoms in total. The van der Waals surface area contributed by atoms with Gasteiger partial charge < -0.3 is 0 Å². The lowest BCUT2D eigenvalue weighted by molar-refractivity contribution is 0.204. The molecule has 0 radical (unpaired) electrons. The van der Waals surface area contributed by atoms with Crippen molar-refractivity contribution in [1.82, 2.24) is 0 Å². The number of benzene rings is 1. The van der Waals surface area contributed by atoms with E-state index >= 15 is 0 Å². The van der Waals surface area contributed by atoms with Gasteiger partial charge in [0.1, 0.15) is 0 Å². The van der Waals surface area contributed by atoms with Gasteiger partial charge in [-0.2, -0.15) is 0 Å². The van der Waals surface area contributed by atoms with Crippen LogP contribution >= 0.6 is 0 Å². The maximum atomic E-state index is 2.80. The Balaban J connectivity index is 1.50. The van der Waals surface area contributed by atoms with Gasteiger partial charge in [0, 0.05) is 0 Å². The summed E-state index contributed by atoms with van der Waals surface area (Å²) in [5.74, 6) is 6.13. The first-order valence-corrected chi connectivity index (χ1v) is 15.5. The highest BCUT2D eigenvalue weighted by Gasteiger charge is 2.58. The Bertz CT molecular complexity index is 775. The highest BCUT2D eigenvalue weighted by molar-refractivity contribution is 6.80. The molecule has 3 saturated carbocycles. The van der Waals surface area contributed by atoms with Gasteiger partial charge in [-0.05, 0) is 77.3 Å². The minimum Gasteiger partial charge on any atom is -0.0808 e. The fourth-order valence-electron chi connectivity index (χ4n) is 8.84. The van der Waals surface area contributed by atoms with Crippen LogP contribution in [0.2, 0.25) is 24.2 Å². The minimum absolute atomic E-state index is 0.791. The number of allylic oxidation sites excluding steroid dienone is 4. The van der Waals surface area contributed by atoms with Crippen LogP contribution in [0.3, 0.4) is 0 Å². The van der Waals surface area contributed by atoms with Gasteiger partial charge in [-0.1, -0.05) is 94.4 Å². The summed E-state index contributed by atoms with van der Waals surface area (Å²) < 4.78 is 0. The Morgan fingerprint density at radius 1 is 0.828 bits per heavy atom. The van der Waals surface area contributed by atoms with Crippen LogP contribution in [0.25, 0.3) is 0 Å². The fourth-order valence-corrected chi connectivity index (χ4v) is 14.7. The van der Waals surface area contributed by atoms with E-state index in [-0.39, 0.29) is 0 Å². The molecule has 0 N–H and O–H groups in total. The smallest absolute Gasteiger partial charge is 0.0547 e. The molecule has 156 valence electrons. The quantitative estimate of drug-likeness (QED) is 0.447. The van der Waals surface area contributed by atoms with Crippen molar-refractivity contribution in [3.8, 4) is 0 Å². The molecule has 4 aliphatic carbocycles. The molecule has 0 amide bonds. The first-order valence-electron chi connectivity index (χ1n) is 12.4. The normalized spacial score (nSPS) is 43.9. The first kappa shape index (κ1) is 19.9. The van der Waals surface area contributed by atoms with E-state index in [4.69, 9.17) is 0 Å². The Morgan fingerprint density at radius 3 is 2.38 bits per heavy atom. The van der Waals surface area contributed by atoms with Gasteiger partial charge >= 0.3 is 0 Å². The van der Waals surface area contributed by atoms with Crippen molar-refractivity contribution in [2.24, 2.45) is 35.5 Å². The largest absolute Gasteiger partial charge is 0.0808 e. The molecule has 0 bridgehead atoms. The van der Waals surface area contributed by atoms with Gasteiger partial charge in [-0.25, -0.2) is 0 Å². The zero-order valence-electron chi connectivity index (χ0n) is 18.9. The number of hydrogen-bond acceptors (Lipinski definition) is 0. The van der Waals surface area contributed by atoms with Crippen molar-refractivity contribution in [3.05, 3.63) is 60.2 Å². The molecule has 29 heavy (non-hydrogen) atoms. The van der Waals surface area contributed by atoms with Gasteiger partial charge in [0.25, 0.3) is 0 Å². The fraction of sp³-hybridized carbons (Fsp3) is 0.643. The third-order valence-electron chi connectivity index (χ3n) is 9.84. The predicted molar refractivity (Wildman–Crippen MR) is 128 cm³/mol. The van der Waals surface area contributed by atoms with Crippen LogP contribution in [0.15, 0.2) is 54.6 Å².